The lowest BCUT2D eigenvalue weighted by Gasteiger charge is -2.19. The molecule has 0 aromatic heterocycles. The molecule has 0 aliphatic heterocycles. The van der Waals surface area contributed by atoms with Crippen LogP contribution in [0.25, 0.3) is 0 Å². The fourth-order valence-electron chi connectivity index (χ4n) is 1.83. The molecule has 0 radical (unpaired) electrons. The lowest BCUT2D eigenvalue weighted by Crippen LogP contribution is -2.29. The third-order valence-corrected chi connectivity index (χ3v) is 2.69. The number of hydrogen-bond donors (Lipinski definition) is 2. The maximum absolute atomic E-state index is 5.62. The van der Waals surface area contributed by atoms with Crippen molar-refractivity contribution in [3.8, 4) is 5.75 Å². The molecule has 1 unspecified atom stereocenters. The monoisotopic (exact) mass is 252 g/mol. The van der Waals surface area contributed by atoms with Crippen LogP contribution in [-0.4, -0.2) is 19.8 Å². The average molecular weight is 252 g/mol. The van der Waals surface area contributed by atoms with Crippen molar-refractivity contribution in [3.05, 3.63) is 29.8 Å². The smallest absolute Gasteiger partial charge is 0.124 e. The molecule has 0 saturated heterocycles. The van der Waals surface area contributed by atoms with Crippen molar-refractivity contribution in [2.75, 3.05) is 19.8 Å². The normalized spacial score (nSPS) is 12.4. The molecule has 1 aromatic rings. The summed E-state index contributed by atoms with van der Waals surface area (Å²) in [5.74, 6) is 6.51. The third kappa shape index (κ3) is 4.64. The minimum atomic E-state index is 0.0598. The summed E-state index contributed by atoms with van der Waals surface area (Å²) in [6.45, 7) is 6.23. The van der Waals surface area contributed by atoms with E-state index in [1.807, 2.05) is 31.2 Å². The van der Waals surface area contributed by atoms with E-state index in [1.165, 1.54) is 0 Å². The molecule has 1 atom stereocenters. The average Bonchev–Trinajstić information content (AvgIpc) is 2.41. The SMILES string of the molecule is CCCOCCC(NN)c1ccccc1OCC. The van der Waals surface area contributed by atoms with Gasteiger partial charge in [0.2, 0.25) is 0 Å². The first-order valence-electron chi connectivity index (χ1n) is 6.59. The zero-order valence-corrected chi connectivity index (χ0v) is 11.3. The fraction of sp³-hybridized carbons (Fsp3) is 0.571. The number of benzene rings is 1. The van der Waals surface area contributed by atoms with Gasteiger partial charge in [-0.15, -0.1) is 0 Å². The van der Waals surface area contributed by atoms with E-state index >= 15 is 0 Å². The van der Waals surface area contributed by atoms with Crippen LogP contribution in [0.4, 0.5) is 0 Å². The maximum Gasteiger partial charge on any atom is 0.124 e. The van der Waals surface area contributed by atoms with E-state index in [9.17, 15) is 0 Å². The highest BCUT2D eigenvalue weighted by Crippen LogP contribution is 2.26. The molecule has 102 valence electrons. The molecule has 0 heterocycles. The van der Waals surface area contributed by atoms with Gasteiger partial charge in [-0.3, -0.25) is 11.3 Å². The first-order valence-corrected chi connectivity index (χ1v) is 6.59. The fourth-order valence-corrected chi connectivity index (χ4v) is 1.83. The van der Waals surface area contributed by atoms with E-state index in [-0.39, 0.29) is 6.04 Å². The predicted octanol–water partition coefficient (Wildman–Crippen LogP) is 2.41. The number of hydrogen-bond acceptors (Lipinski definition) is 4. The summed E-state index contributed by atoms with van der Waals surface area (Å²) in [6, 6.07) is 8.03. The number of para-hydroxylation sites is 1. The van der Waals surface area contributed by atoms with Crippen molar-refractivity contribution in [2.45, 2.75) is 32.7 Å². The highest BCUT2D eigenvalue weighted by atomic mass is 16.5. The van der Waals surface area contributed by atoms with Gasteiger partial charge in [-0.25, -0.2) is 0 Å². The van der Waals surface area contributed by atoms with Gasteiger partial charge in [0.05, 0.1) is 12.6 Å². The van der Waals surface area contributed by atoms with E-state index in [4.69, 9.17) is 15.3 Å². The molecule has 18 heavy (non-hydrogen) atoms. The summed E-state index contributed by atoms with van der Waals surface area (Å²) >= 11 is 0. The number of hydrazine groups is 1. The molecule has 0 spiro atoms. The summed E-state index contributed by atoms with van der Waals surface area (Å²) < 4.78 is 11.1. The van der Waals surface area contributed by atoms with Crippen LogP contribution >= 0.6 is 0 Å². The lowest BCUT2D eigenvalue weighted by molar-refractivity contribution is 0.124. The molecule has 3 N–H and O–H groups in total. The summed E-state index contributed by atoms with van der Waals surface area (Å²) in [4.78, 5) is 0. The molecule has 0 saturated carbocycles. The Bertz CT molecular complexity index is 331. The van der Waals surface area contributed by atoms with Crippen molar-refractivity contribution < 1.29 is 9.47 Å². The highest BCUT2D eigenvalue weighted by molar-refractivity contribution is 5.35. The molecule has 4 heteroatoms. The number of nitrogens with two attached hydrogens (primary N) is 1. The zero-order valence-electron chi connectivity index (χ0n) is 11.3. The van der Waals surface area contributed by atoms with E-state index < -0.39 is 0 Å². The number of nitrogens with one attached hydrogen (secondary N) is 1. The second kappa shape index (κ2) is 8.91. The standard InChI is InChI=1S/C14H24N2O2/c1-3-10-17-11-9-13(16-15)12-7-5-6-8-14(12)18-4-2/h5-8,13,16H,3-4,9-11,15H2,1-2H3. The van der Waals surface area contributed by atoms with Crippen LogP contribution < -0.4 is 16.0 Å². The topological polar surface area (TPSA) is 56.5 Å². The quantitative estimate of drug-likeness (QED) is 0.402. The van der Waals surface area contributed by atoms with E-state index in [2.05, 4.69) is 12.3 Å². The van der Waals surface area contributed by atoms with E-state index in [1.54, 1.807) is 0 Å². The Morgan fingerprint density at radius 2 is 2.00 bits per heavy atom. The molecule has 0 fully saturated rings. The molecule has 0 aliphatic rings. The van der Waals surface area contributed by atoms with Crippen LogP contribution in [0.3, 0.4) is 0 Å². The first kappa shape index (κ1) is 15.0. The molecule has 0 bridgehead atoms. The summed E-state index contributed by atoms with van der Waals surface area (Å²) in [7, 11) is 0. The van der Waals surface area contributed by atoms with Crippen LogP contribution in [0.1, 0.15) is 38.3 Å². The summed E-state index contributed by atoms with van der Waals surface area (Å²) in [5.41, 5.74) is 3.92. The van der Waals surface area contributed by atoms with Gasteiger partial charge in [0.15, 0.2) is 0 Å². The summed E-state index contributed by atoms with van der Waals surface area (Å²) in [6.07, 6.45) is 1.87. The third-order valence-electron chi connectivity index (χ3n) is 2.69. The van der Waals surface area contributed by atoms with Gasteiger partial charge < -0.3 is 9.47 Å². The molecule has 0 amide bonds. The second-order valence-corrected chi connectivity index (χ2v) is 4.09. The van der Waals surface area contributed by atoms with Crippen molar-refractivity contribution in [1.29, 1.82) is 0 Å². The van der Waals surface area contributed by atoms with Crippen LogP contribution in [0.15, 0.2) is 24.3 Å². The Morgan fingerprint density at radius 3 is 2.67 bits per heavy atom. The largest absolute Gasteiger partial charge is 0.494 e. The van der Waals surface area contributed by atoms with Gasteiger partial charge in [-0.1, -0.05) is 25.1 Å². The zero-order chi connectivity index (χ0) is 13.2. The number of ether oxygens (including phenoxy) is 2. The van der Waals surface area contributed by atoms with Gasteiger partial charge in [-0.05, 0) is 25.8 Å². The first-order chi connectivity index (χ1) is 8.83. The Labute approximate surface area is 109 Å². The highest BCUT2D eigenvalue weighted by Gasteiger charge is 2.14. The van der Waals surface area contributed by atoms with Crippen LogP contribution in [0.2, 0.25) is 0 Å². The molecule has 0 aliphatic carbocycles. The predicted molar refractivity (Wildman–Crippen MR) is 73.4 cm³/mol. The van der Waals surface area contributed by atoms with Gasteiger partial charge in [0.1, 0.15) is 5.75 Å². The molecular formula is C14H24N2O2. The molecule has 1 rings (SSSR count). The maximum atomic E-state index is 5.62. The minimum Gasteiger partial charge on any atom is -0.494 e. The Balaban J connectivity index is 2.62. The van der Waals surface area contributed by atoms with Crippen molar-refractivity contribution in [2.24, 2.45) is 5.84 Å². The molecule has 1 aromatic carbocycles. The van der Waals surface area contributed by atoms with Crippen LogP contribution in [0.5, 0.6) is 5.75 Å². The minimum absolute atomic E-state index is 0.0598. The Morgan fingerprint density at radius 1 is 1.22 bits per heavy atom. The Hall–Kier alpha value is -1.10. The van der Waals surface area contributed by atoms with Gasteiger partial charge in [-0.2, -0.15) is 0 Å². The lowest BCUT2D eigenvalue weighted by atomic mass is 10.0. The van der Waals surface area contributed by atoms with Crippen molar-refractivity contribution >= 4 is 0 Å². The van der Waals surface area contributed by atoms with Crippen LogP contribution in [-0.2, 0) is 4.74 Å². The second-order valence-electron chi connectivity index (χ2n) is 4.09. The van der Waals surface area contributed by atoms with Crippen LogP contribution in [0, 0.1) is 0 Å². The molecule has 4 nitrogen and oxygen atoms in total. The Kier molecular flexibility index (Phi) is 7.41. The van der Waals surface area contributed by atoms with Gasteiger partial charge >= 0.3 is 0 Å². The molecular weight excluding hydrogens is 228 g/mol. The van der Waals surface area contributed by atoms with Gasteiger partial charge in [0.25, 0.3) is 0 Å². The van der Waals surface area contributed by atoms with E-state index in [0.717, 1.165) is 30.8 Å². The van der Waals surface area contributed by atoms with Crippen molar-refractivity contribution in [1.82, 2.24) is 5.43 Å². The summed E-state index contributed by atoms with van der Waals surface area (Å²) in [5, 5.41) is 0. The van der Waals surface area contributed by atoms with E-state index in [0.29, 0.717) is 13.2 Å². The van der Waals surface area contributed by atoms with Crippen molar-refractivity contribution in [3.63, 3.8) is 0 Å². The van der Waals surface area contributed by atoms with Gasteiger partial charge in [0, 0.05) is 18.8 Å². The number of rotatable bonds is 9.